The van der Waals surface area contributed by atoms with E-state index in [2.05, 4.69) is 10.3 Å². The minimum atomic E-state index is -0.543. The number of benzene rings is 1. The van der Waals surface area contributed by atoms with E-state index >= 15 is 0 Å². The first kappa shape index (κ1) is 9.43. The molecule has 0 bridgehead atoms. The van der Waals surface area contributed by atoms with Gasteiger partial charge in [-0.05, 0) is 12.1 Å². The molecule has 0 aliphatic rings. The monoisotopic (exact) mass is 218 g/mol. The Hall–Kier alpha value is -2.13. The van der Waals surface area contributed by atoms with Crippen molar-refractivity contribution in [3.8, 4) is 6.19 Å². The fourth-order valence-electron chi connectivity index (χ4n) is 1.19. The van der Waals surface area contributed by atoms with Gasteiger partial charge >= 0.3 is 6.03 Å². The summed E-state index contributed by atoms with van der Waals surface area (Å²) in [6, 6.07) is 4.87. The van der Waals surface area contributed by atoms with Crippen molar-refractivity contribution in [2.45, 2.75) is 0 Å². The van der Waals surface area contributed by atoms with E-state index in [-0.39, 0.29) is 0 Å². The predicted molar refractivity (Wildman–Crippen MR) is 57.4 cm³/mol. The normalized spacial score (nSPS) is 9.53. The molecule has 1 aromatic carbocycles. The SMILES string of the molecule is N#CNC(=O)Nc1cccc2ncsc12. The van der Waals surface area contributed by atoms with Crippen molar-refractivity contribution in [3.63, 3.8) is 0 Å². The van der Waals surface area contributed by atoms with Crippen LogP contribution in [0.5, 0.6) is 0 Å². The smallest absolute Gasteiger partial charge is 0.306 e. The van der Waals surface area contributed by atoms with E-state index in [0.717, 1.165) is 10.2 Å². The average Bonchev–Trinajstić information content (AvgIpc) is 2.67. The summed E-state index contributed by atoms with van der Waals surface area (Å²) in [7, 11) is 0. The molecule has 0 fully saturated rings. The number of nitrogens with zero attached hydrogens (tertiary/aromatic N) is 2. The van der Waals surface area contributed by atoms with Crippen molar-refractivity contribution in [2.75, 3.05) is 5.32 Å². The lowest BCUT2D eigenvalue weighted by Crippen LogP contribution is -2.23. The molecule has 0 saturated heterocycles. The largest absolute Gasteiger partial charge is 0.332 e. The highest BCUT2D eigenvalue weighted by molar-refractivity contribution is 7.17. The van der Waals surface area contributed by atoms with E-state index in [1.54, 1.807) is 23.8 Å². The molecule has 0 radical (unpaired) electrons. The number of anilines is 1. The quantitative estimate of drug-likeness (QED) is 0.566. The van der Waals surface area contributed by atoms with Crippen LogP contribution in [-0.2, 0) is 0 Å². The molecule has 0 aliphatic carbocycles. The molecule has 2 aromatic rings. The van der Waals surface area contributed by atoms with Gasteiger partial charge in [0.1, 0.15) is 0 Å². The van der Waals surface area contributed by atoms with Crippen molar-refractivity contribution in [3.05, 3.63) is 23.7 Å². The van der Waals surface area contributed by atoms with Crippen LogP contribution in [0.2, 0.25) is 0 Å². The van der Waals surface area contributed by atoms with Crippen LogP contribution in [0.1, 0.15) is 0 Å². The Morgan fingerprint density at radius 1 is 1.53 bits per heavy atom. The highest BCUT2D eigenvalue weighted by Crippen LogP contribution is 2.26. The van der Waals surface area contributed by atoms with Gasteiger partial charge < -0.3 is 5.32 Å². The Morgan fingerprint density at radius 3 is 3.20 bits per heavy atom. The van der Waals surface area contributed by atoms with E-state index in [0.29, 0.717) is 5.69 Å². The van der Waals surface area contributed by atoms with Gasteiger partial charge in [0.15, 0.2) is 6.19 Å². The maximum Gasteiger partial charge on any atom is 0.332 e. The summed E-state index contributed by atoms with van der Waals surface area (Å²) < 4.78 is 0.894. The zero-order valence-corrected chi connectivity index (χ0v) is 8.34. The minimum Gasteiger partial charge on any atom is -0.306 e. The van der Waals surface area contributed by atoms with Crippen LogP contribution in [-0.4, -0.2) is 11.0 Å². The maximum atomic E-state index is 11.1. The molecular formula is C9H6N4OS. The van der Waals surface area contributed by atoms with Gasteiger partial charge in [0.05, 0.1) is 21.4 Å². The molecule has 5 nitrogen and oxygen atoms in total. The summed E-state index contributed by atoms with van der Waals surface area (Å²) in [5.74, 6) is 0. The first-order valence-corrected chi connectivity index (χ1v) is 4.97. The number of nitrogens with one attached hydrogen (secondary N) is 2. The third-order valence-electron chi connectivity index (χ3n) is 1.77. The van der Waals surface area contributed by atoms with Crippen LogP contribution < -0.4 is 10.6 Å². The number of amides is 2. The van der Waals surface area contributed by atoms with E-state index in [1.807, 2.05) is 11.4 Å². The second-order valence-corrected chi connectivity index (χ2v) is 3.55. The van der Waals surface area contributed by atoms with Crippen molar-refractivity contribution in [1.29, 1.82) is 5.26 Å². The van der Waals surface area contributed by atoms with Crippen molar-refractivity contribution in [2.24, 2.45) is 0 Å². The second-order valence-electron chi connectivity index (χ2n) is 2.70. The Morgan fingerprint density at radius 2 is 2.40 bits per heavy atom. The molecule has 2 N–H and O–H groups in total. The first-order valence-electron chi connectivity index (χ1n) is 4.09. The minimum absolute atomic E-state index is 0.543. The summed E-state index contributed by atoms with van der Waals surface area (Å²) in [5.41, 5.74) is 3.19. The number of aromatic nitrogens is 1. The van der Waals surface area contributed by atoms with Crippen molar-refractivity contribution < 1.29 is 4.79 Å². The molecule has 6 heteroatoms. The van der Waals surface area contributed by atoms with Crippen LogP contribution in [0.15, 0.2) is 23.7 Å². The number of thiazole rings is 1. The summed E-state index contributed by atoms with van der Waals surface area (Å²) in [5, 5.41) is 12.8. The number of hydrogen-bond acceptors (Lipinski definition) is 4. The van der Waals surface area contributed by atoms with Crippen LogP contribution in [0, 0.1) is 11.5 Å². The zero-order valence-electron chi connectivity index (χ0n) is 7.52. The number of urea groups is 1. The van der Waals surface area contributed by atoms with Crippen LogP contribution in [0.4, 0.5) is 10.5 Å². The molecule has 15 heavy (non-hydrogen) atoms. The molecule has 74 valence electrons. The molecular weight excluding hydrogens is 212 g/mol. The third kappa shape index (κ3) is 1.87. The lowest BCUT2D eigenvalue weighted by molar-refractivity contribution is 0.255. The van der Waals surface area contributed by atoms with Gasteiger partial charge in [0.2, 0.25) is 0 Å². The predicted octanol–water partition coefficient (Wildman–Crippen LogP) is 1.90. The molecule has 0 spiro atoms. The number of carbonyl (C=O) groups is 1. The highest BCUT2D eigenvalue weighted by Gasteiger charge is 2.05. The molecule has 0 aliphatic heterocycles. The van der Waals surface area contributed by atoms with Crippen molar-refractivity contribution >= 4 is 33.3 Å². The van der Waals surface area contributed by atoms with Crippen LogP contribution >= 0.6 is 11.3 Å². The Labute approximate surface area is 89.4 Å². The van der Waals surface area contributed by atoms with Gasteiger partial charge in [-0.25, -0.2) is 15.1 Å². The van der Waals surface area contributed by atoms with Gasteiger partial charge in [-0.15, -0.1) is 11.3 Å². The lowest BCUT2D eigenvalue weighted by atomic mass is 10.3. The van der Waals surface area contributed by atoms with Gasteiger partial charge in [-0.1, -0.05) is 6.07 Å². The standard InChI is InChI=1S/C9H6N4OS/c10-4-11-9(14)13-7-3-1-2-6-8(7)15-5-12-6/h1-3,5H,(H2,11,13,14). The fraction of sp³-hybridized carbons (Fsp3) is 0. The van der Waals surface area contributed by atoms with Gasteiger partial charge in [-0.2, -0.15) is 5.26 Å². The number of hydrogen-bond donors (Lipinski definition) is 2. The molecule has 2 rings (SSSR count). The van der Waals surface area contributed by atoms with Gasteiger partial charge in [-0.3, -0.25) is 0 Å². The maximum absolute atomic E-state index is 11.1. The third-order valence-corrected chi connectivity index (χ3v) is 2.65. The molecule has 1 heterocycles. The summed E-state index contributed by atoms with van der Waals surface area (Å²) in [6.07, 6.45) is 1.56. The summed E-state index contributed by atoms with van der Waals surface area (Å²) >= 11 is 1.44. The second kappa shape index (κ2) is 3.94. The number of rotatable bonds is 1. The van der Waals surface area contributed by atoms with E-state index in [4.69, 9.17) is 5.26 Å². The van der Waals surface area contributed by atoms with Gasteiger partial charge in [0.25, 0.3) is 0 Å². The van der Waals surface area contributed by atoms with Crippen LogP contribution in [0.25, 0.3) is 10.2 Å². The molecule has 2 amide bonds. The van der Waals surface area contributed by atoms with Gasteiger partial charge in [0, 0.05) is 0 Å². The topological polar surface area (TPSA) is 77.8 Å². The zero-order chi connectivity index (χ0) is 10.7. The molecule has 1 aromatic heterocycles. The first-order chi connectivity index (χ1) is 7.31. The van der Waals surface area contributed by atoms with E-state index in [9.17, 15) is 4.79 Å². The summed E-state index contributed by atoms with van der Waals surface area (Å²) in [4.78, 5) is 15.2. The fourth-order valence-corrected chi connectivity index (χ4v) is 1.95. The number of nitriles is 1. The van der Waals surface area contributed by atoms with E-state index in [1.165, 1.54) is 11.3 Å². The Balaban J connectivity index is 2.32. The average molecular weight is 218 g/mol. The lowest BCUT2D eigenvalue weighted by Gasteiger charge is -2.02. The molecule has 0 atom stereocenters. The number of fused-ring (bicyclic) bond motifs is 1. The van der Waals surface area contributed by atoms with Crippen molar-refractivity contribution in [1.82, 2.24) is 10.3 Å². The Kier molecular flexibility index (Phi) is 2.48. The highest BCUT2D eigenvalue weighted by atomic mass is 32.1. The number of carbonyl (C=O) groups excluding carboxylic acids is 1. The van der Waals surface area contributed by atoms with E-state index < -0.39 is 6.03 Å². The molecule has 0 saturated carbocycles. The molecule has 0 unspecified atom stereocenters. The van der Waals surface area contributed by atoms with Crippen LogP contribution in [0.3, 0.4) is 0 Å². The Bertz CT molecular complexity index is 542. The summed E-state index contributed by atoms with van der Waals surface area (Å²) in [6.45, 7) is 0.